The molecule has 1 aliphatic rings. The summed E-state index contributed by atoms with van der Waals surface area (Å²) in [6.45, 7) is 0. The highest BCUT2D eigenvalue weighted by Gasteiger charge is 2.40. The molecule has 0 unspecified atom stereocenters. The number of carbonyl (C=O) groups is 2. The maximum atomic E-state index is 14.5. The Hall–Kier alpha value is -3.32. The van der Waals surface area contributed by atoms with Crippen molar-refractivity contribution in [2.75, 3.05) is 0 Å². The molecule has 1 aliphatic carbocycles. The molecule has 0 bridgehead atoms. The summed E-state index contributed by atoms with van der Waals surface area (Å²) in [6.07, 6.45) is 2.91. The van der Waals surface area contributed by atoms with Crippen LogP contribution in [-0.4, -0.2) is 21.7 Å². The molecule has 4 rings (SSSR count). The molecule has 2 N–H and O–H groups in total. The maximum Gasteiger partial charge on any atom is 0.256 e. The predicted octanol–water partition coefficient (Wildman–Crippen LogP) is 4.37. The van der Waals surface area contributed by atoms with Gasteiger partial charge in [0.2, 0.25) is 5.91 Å². The first-order valence-electron chi connectivity index (χ1n) is 9.62. The van der Waals surface area contributed by atoms with Crippen LogP contribution < -0.4 is 5.73 Å². The van der Waals surface area contributed by atoms with E-state index in [4.69, 9.17) is 17.3 Å². The van der Waals surface area contributed by atoms with Gasteiger partial charge >= 0.3 is 0 Å². The lowest BCUT2D eigenvalue weighted by atomic mass is 9.98. The number of primary amides is 1. The first kappa shape index (κ1) is 20.9. The minimum atomic E-state index is -1.16. The van der Waals surface area contributed by atoms with Crippen molar-refractivity contribution in [3.63, 3.8) is 0 Å². The second-order valence-corrected chi connectivity index (χ2v) is 7.77. The van der Waals surface area contributed by atoms with Crippen molar-refractivity contribution in [3.05, 3.63) is 99.8 Å². The van der Waals surface area contributed by atoms with Crippen LogP contribution in [0.3, 0.4) is 0 Å². The van der Waals surface area contributed by atoms with Crippen molar-refractivity contribution in [1.29, 1.82) is 0 Å². The van der Waals surface area contributed by atoms with Gasteiger partial charge < -0.3 is 10.6 Å². The lowest BCUT2D eigenvalue weighted by Crippen LogP contribution is -2.43. The molecule has 1 aromatic heterocycles. The summed E-state index contributed by atoms with van der Waals surface area (Å²) < 4.78 is 28.3. The van der Waals surface area contributed by atoms with Crippen LogP contribution >= 0.6 is 11.6 Å². The summed E-state index contributed by atoms with van der Waals surface area (Å²) in [7, 11) is 0. The Bertz CT molecular complexity index is 1160. The Labute approximate surface area is 182 Å². The third-order valence-corrected chi connectivity index (χ3v) is 5.62. The van der Waals surface area contributed by atoms with Crippen LogP contribution in [0.1, 0.15) is 45.6 Å². The number of fused-ring (bicyclic) bond motifs is 1. The van der Waals surface area contributed by atoms with Gasteiger partial charge in [-0.05, 0) is 47.7 Å². The highest BCUT2D eigenvalue weighted by atomic mass is 35.5. The average Bonchev–Trinajstić information content (AvgIpc) is 3.15. The van der Waals surface area contributed by atoms with E-state index in [1.807, 2.05) is 0 Å². The van der Waals surface area contributed by atoms with Gasteiger partial charge in [-0.1, -0.05) is 41.9 Å². The molecule has 0 aliphatic heterocycles. The number of pyridine rings is 1. The second kappa shape index (κ2) is 8.43. The number of aromatic nitrogens is 1. The largest absolute Gasteiger partial charge is 0.368 e. The fourth-order valence-electron chi connectivity index (χ4n) is 4.12. The van der Waals surface area contributed by atoms with Gasteiger partial charge in [0.25, 0.3) is 5.91 Å². The minimum absolute atomic E-state index is 0.0434. The third kappa shape index (κ3) is 4.01. The van der Waals surface area contributed by atoms with E-state index in [9.17, 15) is 18.4 Å². The Morgan fingerprint density at radius 2 is 1.87 bits per heavy atom. The van der Waals surface area contributed by atoms with Crippen LogP contribution in [-0.2, 0) is 11.2 Å². The topological polar surface area (TPSA) is 76.3 Å². The number of hydrogen-bond donors (Lipinski definition) is 1. The molecule has 3 aromatic rings. The summed E-state index contributed by atoms with van der Waals surface area (Å²) >= 11 is 6.08. The van der Waals surface area contributed by atoms with E-state index in [1.54, 1.807) is 36.4 Å². The first-order chi connectivity index (χ1) is 14.9. The SMILES string of the molecule is NC(=O)[C@@H](c1ccccc1)N(C(=O)c1cncc(F)c1)[C@@H]1CCc2c(F)cc(Cl)cc21. The smallest absolute Gasteiger partial charge is 0.256 e. The quantitative estimate of drug-likeness (QED) is 0.638. The van der Waals surface area contributed by atoms with Crippen LogP contribution in [0.2, 0.25) is 5.02 Å². The number of nitrogens with two attached hydrogens (primary N) is 1. The molecule has 2 amide bonds. The molecule has 1 heterocycles. The molecule has 0 fully saturated rings. The average molecular weight is 442 g/mol. The first-order valence-corrected chi connectivity index (χ1v) is 10.00. The fourth-order valence-corrected chi connectivity index (χ4v) is 4.34. The van der Waals surface area contributed by atoms with Crippen LogP contribution in [0.4, 0.5) is 8.78 Å². The van der Waals surface area contributed by atoms with Crippen LogP contribution in [0.25, 0.3) is 0 Å². The van der Waals surface area contributed by atoms with Gasteiger partial charge in [0.1, 0.15) is 17.7 Å². The van der Waals surface area contributed by atoms with Gasteiger partial charge in [-0.15, -0.1) is 0 Å². The molecule has 8 heteroatoms. The number of hydrogen-bond acceptors (Lipinski definition) is 3. The van der Waals surface area contributed by atoms with Crippen LogP contribution in [0.5, 0.6) is 0 Å². The molecule has 2 atom stereocenters. The Kier molecular flexibility index (Phi) is 5.69. The standard InChI is InChI=1S/C23H18ClF2N3O2/c24-15-9-18-17(19(26)10-15)6-7-20(18)29(23(31)14-8-16(25)12-28-11-14)21(22(27)30)13-4-2-1-3-5-13/h1-5,8-12,20-21H,6-7H2,(H2,27,30)/t20-,21-/m1/s1. The highest BCUT2D eigenvalue weighted by Crippen LogP contribution is 2.43. The van der Waals surface area contributed by atoms with Gasteiger partial charge in [-0.3, -0.25) is 14.6 Å². The molecule has 5 nitrogen and oxygen atoms in total. The number of nitrogens with zero attached hydrogens (tertiary/aromatic N) is 2. The second-order valence-electron chi connectivity index (χ2n) is 7.33. The number of rotatable bonds is 5. The molecule has 0 saturated heterocycles. The zero-order valence-electron chi connectivity index (χ0n) is 16.3. The van der Waals surface area contributed by atoms with E-state index in [0.717, 1.165) is 12.3 Å². The van der Waals surface area contributed by atoms with Gasteiger partial charge in [-0.25, -0.2) is 8.78 Å². The summed E-state index contributed by atoms with van der Waals surface area (Å²) in [6, 6.07) is 10.6. The lowest BCUT2D eigenvalue weighted by molar-refractivity contribution is -0.123. The van der Waals surface area contributed by atoms with E-state index in [2.05, 4.69) is 4.98 Å². The summed E-state index contributed by atoms with van der Waals surface area (Å²) in [4.78, 5) is 31.2. The Morgan fingerprint density at radius 3 is 2.55 bits per heavy atom. The highest BCUT2D eigenvalue weighted by molar-refractivity contribution is 6.30. The minimum Gasteiger partial charge on any atom is -0.368 e. The Balaban J connectivity index is 1.89. The molecular weight excluding hydrogens is 424 g/mol. The third-order valence-electron chi connectivity index (χ3n) is 5.41. The summed E-state index contributed by atoms with van der Waals surface area (Å²) in [5, 5.41) is 0.179. The van der Waals surface area contributed by atoms with E-state index < -0.39 is 35.5 Å². The van der Waals surface area contributed by atoms with Gasteiger partial charge in [0, 0.05) is 11.2 Å². The predicted molar refractivity (Wildman–Crippen MR) is 111 cm³/mol. The van der Waals surface area contributed by atoms with E-state index in [1.165, 1.54) is 17.2 Å². The van der Waals surface area contributed by atoms with Crippen molar-refractivity contribution in [3.8, 4) is 0 Å². The molecule has 0 saturated carbocycles. The van der Waals surface area contributed by atoms with Crippen LogP contribution in [0, 0.1) is 11.6 Å². The van der Waals surface area contributed by atoms with Crippen molar-refractivity contribution in [1.82, 2.24) is 9.88 Å². The van der Waals surface area contributed by atoms with Crippen molar-refractivity contribution >= 4 is 23.4 Å². The zero-order chi connectivity index (χ0) is 22.1. The number of halogens is 3. The molecular formula is C23H18ClF2N3O2. The van der Waals surface area contributed by atoms with E-state index in [0.29, 0.717) is 29.5 Å². The number of benzene rings is 2. The molecule has 0 radical (unpaired) electrons. The van der Waals surface area contributed by atoms with Gasteiger partial charge in [0.15, 0.2) is 0 Å². The lowest BCUT2D eigenvalue weighted by Gasteiger charge is -2.35. The van der Waals surface area contributed by atoms with E-state index >= 15 is 0 Å². The number of amides is 2. The molecule has 0 spiro atoms. The maximum absolute atomic E-state index is 14.5. The normalized spacial score (nSPS) is 15.9. The van der Waals surface area contributed by atoms with Crippen molar-refractivity contribution in [2.24, 2.45) is 5.73 Å². The van der Waals surface area contributed by atoms with Crippen molar-refractivity contribution in [2.45, 2.75) is 24.9 Å². The molecule has 31 heavy (non-hydrogen) atoms. The molecule has 2 aromatic carbocycles. The summed E-state index contributed by atoms with van der Waals surface area (Å²) in [5.41, 5.74) is 7.12. The molecule has 158 valence electrons. The number of carbonyl (C=O) groups excluding carboxylic acids is 2. The van der Waals surface area contributed by atoms with Crippen LogP contribution in [0.15, 0.2) is 60.9 Å². The fraction of sp³-hybridized carbons (Fsp3) is 0.174. The monoisotopic (exact) mass is 441 g/mol. The Morgan fingerprint density at radius 1 is 1.13 bits per heavy atom. The van der Waals surface area contributed by atoms with Crippen molar-refractivity contribution < 1.29 is 18.4 Å². The van der Waals surface area contributed by atoms with Gasteiger partial charge in [0.05, 0.1) is 17.8 Å². The van der Waals surface area contributed by atoms with Gasteiger partial charge in [-0.2, -0.15) is 0 Å². The zero-order valence-corrected chi connectivity index (χ0v) is 17.0. The summed E-state index contributed by atoms with van der Waals surface area (Å²) in [5.74, 6) is -2.57. The van der Waals surface area contributed by atoms with E-state index in [-0.39, 0.29) is 10.6 Å².